The van der Waals surface area contributed by atoms with Gasteiger partial charge in [0.2, 0.25) is 0 Å². The van der Waals surface area contributed by atoms with Crippen LogP contribution in [-0.2, 0) is 16.0 Å². The molecule has 3 rings (SSSR count). The van der Waals surface area contributed by atoms with Crippen LogP contribution >= 0.6 is 0 Å². The van der Waals surface area contributed by atoms with Crippen molar-refractivity contribution in [2.75, 3.05) is 26.8 Å². The molecule has 0 radical (unpaired) electrons. The lowest BCUT2D eigenvalue weighted by molar-refractivity contribution is -0.136. The minimum Gasteiger partial charge on any atom is -0.481 e. The standard InChI is InChI=1S/C22H26N2O4/c1-28-15-17-3-2-12-24(14-17)22(27)19-9-10-20(23-13-19)18-7-4-16(5-8-18)6-11-21(25)26/h4-5,7-10,13,17H,2-3,6,11-12,14-15H2,1H3,(H,25,26). The maximum Gasteiger partial charge on any atom is 0.303 e. The molecule has 1 N–H and O–H groups in total. The van der Waals surface area contributed by atoms with Crippen LogP contribution in [0.25, 0.3) is 11.3 Å². The lowest BCUT2D eigenvalue weighted by Gasteiger charge is -2.32. The summed E-state index contributed by atoms with van der Waals surface area (Å²) in [6.45, 7) is 2.19. The topological polar surface area (TPSA) is 79.7 Å². The van der Waals surface area contributed by atoms with Crippen molar-refractivity contribution < 1.29 is 19.4 Å². The molecule has 0 bridgehead atoms. The smallest absolute Gasteiger partial charge is 0.303 e. The van der Waals surface area contributed by atoms with Crippen molar-refractivity contribution in [1.82, 2.24) is 9.88 Å². The number of methoxy groups -OCH3 is 1. The molecule has 6 heteroatoms. The monoisotopic (exact) mass is 382 g/mol. The maximum atomic E-state index is 12.8. The van der Waals surface area contributed by atoms with Crippen LogP contribution in [0.2, 0.25) is 0 Å². The van der Waals surface area contributed by atoms with Gasteiger partial charge in [0.05, 0.1) is 17.9 Å². The molecule has 0 spiro atoms. The van der Waals surface area contributed by atoms with E-state index in [-0.39, 0.29) is 12.3 Å². The van der Waals surface area contributed by atoms with Gasteiger partial charge in [-0.3, -0.25) is 14.6 Å². The number of piperidine rings is 1. The number of aryl methyl sites for hydroxylation is 1. The quantitative estimate of drug-likeness (QED) is 0.795. The molecule has 1 atom stereocenters. The first-order chi connectivity index (χ1) is 13.6. The van der Waals surface area contributed by atoms with Crippen molar-refractivity contribution in [3.63, 3.8) is 0 Å². The number of carbonyl (C=O) groups excluding carboxylic acids is 1. The summed E-state index contributed by atoms with van der Waals surface area (Å²) in [4.78, 5) is 29.8. The largest absolute Gasteiger partial charge is 0.481 e. The second-order valence-corrected chi connectivity index (χ2v) is 7.24. The van der Waals surface area contributed by atoms with E-state index in [0.29, 0.717) is 24.5 Å². The van der Waals surface area contributed by atoms with Gasteiger partial charge in [-0.15, -0.1) is 0 Å². The Balaban J connectivity index is 1.64. The van der Waals surface area contributed by atoms with Gasteiger partial charge in [-0.2, -0.15) is 0 Å². The van der Waals surface area contributed by atoms with E-state index < -0.39 is 5.97 Å². The fourth-order valence-electron chi connectivity index (χ4n) is 3.59. The molecule has 148 valence electrons. The second-order valence-electron chi connectivity index (χ2n) is 7.24. The van der Waals surface area contributed by atoms with Crippen LogP contribution < -0.4 is 0 Å². The van der Waals surface area contributed by atoms with Gasteiger partial charge in [0.15, 0.2) is 0 Å². The maximum absolute atomic E-state index is 12.8. The molecule has 6 nitrogen and oxygen atoms in total. The summed E-state index contributed by atoms with van der Waals surface area (Å²) in [6.07, 6.45) is 4.36. The Labute approximate surface area is 165 Å². The molecule has 1 saturated heterocycles. The zero-order chi connectivity index (χ0) is 19.9. The summed E-state index contributed by atoms with van der Waals surface area (Å²) in [5, 5.41) is 8.77. The number of benzene rings is 1. The first kappa shape index (κ1) is 20.0. The van der Waals surface area contributed by atoms with Crippen LogP contribution in [0.4, 0.5) is 0 Å². The van der Waals surface area contributed by atoms with Crippen LogP contribution in [0.5, 0.6) is 0 Å². The predicted molar refractivity (Wildman–Crippen MR) is 106 cm³/mol. The van der Waals surface area contributed by atoms with E-state index in [1.165, 1.54) is 0 Å². The molecule has 1 aliphatic heterocycles. The number of aliphatic carboxylic acids is 1. The minimum absolute atomic E-state index is 0.0175. The number of rotatable bonds is 7. The summed E-state index contributed by atoms with van der Waals surface area (Å²) in [5.74, 6) is -0.383. The Morgan fingerprint density at radius 2 is 2.00 bits per heavy atom. The molecule has 0 aliphatic carbocycles. The number of carbonyl (C=O) groups is 2. The number of amides is 1. The first-order valence-electron chi connectivity index (χ1n) is 9.62. The highest BCUT2D eigenvalue weighted by Gasteiger charge is 2.24. The Morgan fingerprint density at radius 1 is 1.21 bits per heavy atom. The Kier molecular flexibility index (Phi) is 6.76. The molecule has 0 saturated carbocycles. The SMILES string of the molecule is COCC1CCCN(C(=O)c2ccc(-c3ccc(CCC(=O)O)cc3)nc2)C1. The van der Waals surface area contributed by atoms with Gasteiger partial charge >= 0.3 is 5.97 Å². The molecule has 1 aliphatic rings. The third kappa shape index (κ3) is 5.16. The highest BCUT2D eigenvalue weighted by Crippen LogP contribution is 2.21. The summed E-state index contributed by atoms with van der Waals surface area (Å²) in [6, 6.07) is 11.4. The lowest BCUT2D eigenvalue weighted by atomic mass is 9.98. The average Bonchev–Trinajstić information content (AvgIpc) is 2.73. The van der Waals surface area contributed by atoms with Crippen molar-refractivity contribution in [3.8, 4) is 11.3 Å². The second kappa shape index (κ2) is 9.46. The lowest BCUT2D eigenvalue weighted by Crippen LogP contribution is -2.41. The van der Waals surface area contributed by atoms with Gasteiger partial charge in [-0.25, -0.2) is 0 Å². The number of hydrogen-bond acceptors (Lipinski definition) is 4. The Bertz CT molecular complexity index is 800. The fourth-order valence-corrected chi connectivity index (χ4v) is 3.59. The number of nitrogens with zero attached hydrogens (tertiary/aromatic N) is 2. The number of carboxylic acid groups (broad SMARTS) is 1. The van der Waals surface area contributed by atoms with Gasteiger partial charge in [0, 0.05) is 38.4 Å². The first-order valence-corrected chi connectivity index (χ1v) is 9.62. The Morgan fingerprint density at radius 3 is 2.64 bits per heavy atom. The van der Waals surface area contributed by atoms with E-state index >= 15 is 0 Å². The van der Waals surface area contributed by atoms with Gasteiger partial charge in [-0.05, 0) is 42.9 Å². The van der Waals surface area contributed by atoms with Crippen LogP contribution in [0.3, 0.4) is 0 Å². The zero-order valence-corrected chi connectivity index (χ0v) is 16.1. The highest BCUT2D eigenvalue weighted by atomic mass is 16.5. The minimum atomic E-state index is -0.798. The van der Waals surface area contributed by atoms with Gasteiger partial charge in [0.25, 0.3) is 5.91 Å². The van der Waals surface area contributed by atoms with Crippen molar-refractivity contribution in [3.05, 3.63) is 53.7 Å². The summed E-state index contributed by atoms with van der Waals surface area (Å²) >= 11 is 0. The number of hydrogen-bond donors (Lipinski definition) is 1. The molecular weight excluding hydrogens is 356 g/mol. The van der Waals surface area contributed by atoms with E-state index in [1.54, 1.807) is 13.3 Å². The molecule has 1 aromatic carbocycles. The molecule has 1 aromatic heterocycles. The molecule has 2 heterocycles. The summed E-state index contributed by atoms with van der Waals surface area (Å²) in [5.41, 5.74) is 3.31. The van der Waals surface area contributed by atoms with E-state index in [1.807, 2.05) is 41.3 Å². The summed E-state index contributed by atoms with van der Waals surface area (Å²) < 4.78 is 5.24. The van der Waals surface area contributed by atoms with E-state index in [9.17, 15) is 9.59 Å². The number of likely N-dealkylation sites (tertiary alicyclic amines) is 1. The van der Waals surface area contributed by atoms with Gasteiger partial charge in [-0.1, -0.05) is 24.3 Å². The molecule has 1 unspecified atom stereocenters. The highest BCUT2D eigenvalue weighted by molar-refractivity contribution is 5.94. The van der Waals surface area contributed by atoms with E-state index in [2.05, 4.69) is 4.98 Å². The van der Waals surface area contributed by atoms with E-state index in [0.717, 1.165) is 42.8 Å². The van der Waals surface area contributed by atoms with Crippen molar-refractivity contribution >= 4 is 11.9 Å². The number of carboxylic acids is 1. The van der Waals surface area contributed by atoms with Gasteiger partial charge < -0.3 is 14.7 Å². The predicted octanol–water partition coefficient (Wildman–Crippen LogP) is 3.26. The summed E-state index contributed by atoms with van der Waals surface area (Å²) in [7, 11) is 1.70. The van der Waals surface area contributed by atoms with Crippen molar-refractivity contribution in [1.29, 1.82) is 0 Å². The Hall–Kier alpha value is -2.73. The average molecular weight is 382 g/mol. The third-order valence-corrected chi connectivity index (χ3v) is 5.10. The normalized spacial score (nSPS) is 16.8. The molecule has 1 fully saturated rings. The molecular formula is C22H26N2O4. The number of aromatic nitrogens is 1. The zero-order valence-electron chi connectivity index (χ0n) is 16.1. The van der Waals surface area contributed by atoms with Crippen molar-refractivity contribution in [2.24, 2.45) is 5.92 Å². The fraction of sp³-hybridized carbons (Fsp3) is 0.409. The number of pyridine rings is 1. The van der Waals surface area contributed by atoms with Crippen LogP contribution in [0.1, 0.15) is 35.2 Å². The third-order valence-electron chi connectivity index (χ3n) is 5.10. The van der Waals surface area contributed by atoms with Gasteiger partial charge in [0.1, 0.15) is 0 Å². The van der Waals surface area contributed by atoms with E-state index in [4.69, 9.17) is 9.84 Å². The molecule has 2 aromatic rings. The van der Waals surface area contributed by atoms with Crippen LogP contribution in [-0.4, -0.2) is 53.7 Å². The van der Waals surface area contributed by atoms with Crippen LogP contribution in [0.15, 0.2) is 42.6 Å². The molecule has 1 amide bonds. The molecule has 28 heavy (non-hydrogen) atoms. The van der Waals surface area contributed by atoms with Crippen molar-refractivity contribution in [2.45, 2.75) is 25.7 Å². The number of ether oxygens (including phenoxy) is 1. The van der Waals surface area contributed by atoms with Crippen LogP contribution in [0, 0.1) is 5.92 Å².